The molecule has 0 bridgehead atoms. The molecule has 6 heteroatoms. The van der Waals surface area contributed by atoms with Crippen LogP contribution in [0.25, 0.3) is 0 Å². The van der Waals surface area contributed by atoms with Crippen molar-refractivity contribution in [2.24, 2.45) is 7.05 Å². The number of aromatic nitrogens is 4. The van der Waals surface area contributed by atoms with E-state index in [9.17, 15) is 4.79 Å². The van der Waals surface area contributed by atoms with Crippen molar-refractivity contribution in [3.05, 3.63) is 34.4 Å². The first-order chi connectivity index (χ1) is 10.7. The maximum absolute atomic E-state index is 12.9. The number of fused-ring (bicyclic) bond motifs is 2. The van der Waals surface area contributed by atoms with Gasteiger partial charge in [-0.05, 0) is 38.5 Å². The second kappa shape index (κ2) is 4.97. The molecule has 0 unspecified atom stereocenters. The number of hydrogen-bond acceptors (Lipinski definition) is 3. The lowest BCUT2D eigenvalue weighted by Crippen LogP contribution is -2.34. The quantitative estimate of drug-likeness (QED) is 0.919. The molecule has 2 heterocycles. The van der Waals surface area contributed by atoms with E-state index in [-0.39, 0.29) is 11.9 Å². The number of carbonyl (C=O) groups is 1. The van der Waals surface area contributed by atoms with Crippen LogP contribution in [-0.4, -0.2) is 37.8 Å². The highest BCUT2D eigenvalue weighted by Gasteiger charge is 2.32. The molecular weight excluding hydrogens is 278 g/mol. The van der Waals surface area contributed by atoms with Crippen LogP contribution in [0.15, 0.2) is 6.20 Å². The zero-order valence-corrected chi connectivity index (χ0v) is 13.1. The van der Waals surface area contributed by atoms with Gasteiger partial charge in [0.2, 0.25) is 0 Å². The molecule has 6 nitrogen and oxygen atoms in total. The molecule has 0 saturated carbocycles. The van der Waals surface area contributed by atoms with Crippen LogP contribution in [0.5, 0.6) is 0 Å². The van der Waals surface area contributed by atoms with Gasteiger partial charge < -0.3 is 4.90 Å². The summed E-state index contributed by atoms with van der Waals surface area (Å²) in [5.74, 6) is 0.0288. The highest BCUT2D eigenvalue weighted by atomic mass is 16.2. The van der Waals surface area contributed by atoms with Crippen molar-refractivity contribution in [2.75, 3.05) is 7.05 Å². The molecule has 116 valence electrons. The largest absolute Gasteiger partial charge is 0.333 e. The average molecular weight is 299 g/mol. The highest BCUT2D eigenvalue weighted by Crippen LogP contribution is 2.34. The molecule has 0 saturated heterocycles. The van der Waals surface area contributed by atoms with Crippen molar-refractivity contribution in [2.45, 2.75) is 44.6 Å². The molecule has 0 aliphatic heterocycles. The van der Waals surface area contributed by atoms with Gasteiger partial charge in [0.15, 0.2) is 5.69 Å². The van der Waals surface area contributed by atoms with Crippen LogP contribution in [0.1, 0.15) is 58.3 Å². The minimum absolute atomic E-state index is 0.0288. The zero-order valence-electron chi connectivity index (χ0n) is 13.1. The monoisotopic (exact) mass is 299 g/mol. The Labute approximate surface area is 129 Å². The van der Waals surface area contributed by atoms with Crippen LogP contribution in [0.3, 0.4) is 0 Å². The first-order valence-corrected chi connectivity index (χ1v) is 8.01. The summed E-state index contributed by atoms with van der Waals surface area (Å²) in [4.78, 5) is 14.8. The van der Waals surface area contributed by atoms with Crippen LogP contribution < -0.4 is 0 Å². The summed E-state index contributed by atoms with van der Waals surface area (Å²) >= 11 is 0. The van der Waals surface area contributed by atoms with Crippen molar-refractivity contribution in [1.29, 1.82) is 0 Å². The van der Waals surface area contributed by atoms with Gasteiger partial charge in [-0.2, -0.15) is 10.2 Å². The number of amides is 1. The van der Waals surface area contributed by atoms with E-state index in [0.717, 1.165) is 49.8 Å². The number of hydrogen-bond donors (Lipinski definition) is 1. The molecule has 0 aromatic carbocycles. The summed E-state index contributed by atoms with van der Waals surface area (Å²) in [5.41, 5.74) is 5.33. The lowest BCUT2D eigenvalue weighted by atomic mass is 9.91. The van der Waals surface area contributed by atoms with Crippen molar-refractivity contribution in [3.63, 3.8) is 0 Å². The summed E-state index contributed by atoms with van der Waals surface area (Å²) in [6.07, 6.45) is 8.13. The molecule has 0 spiro atoms. The highest BCUT2D eigenvalue weighted by molar-refractivity contribution is 5.94. The van der Waals surface area contributed by atoms with Crippen molar-refractivity contribution >= 4 is 5.91 Å². The molecule has 1 atom stereocenters. The number of aryl methyl sites for hydroxylation is 2. The molecule has 2 aromatic heterocycles. The van der Waals surface area contributed by atoms with Crippen LogP contribution in [0.2, 0.25) is 0 Å². The smallest absolute Gasteiger partial charge is 0.274 e. The zero-order chi connectivity index (χ0) is 15.3. The molecule has 22 heavy (non-hydrogen) atoms. The molecule has 0 fully saturated rings. The lowest BCUT2D eigenvalue weighted by Gasteiger charge is -2.31. The van der Waals surface area contributed by atoms with Gasteiger partial charge in [-0.15, -0.1) is 0 Å². The maximum atomic E-state index is 12.9. The summed E-state index contributed by atoms with van der Waals surface area (Å²) in [5, 5.41) is 11.7. The summed E-state index contributed by atoms with van der Waals surface area (Å²) in [6, 6.07) is 0.110. The summed E-state index contributed by atoms with van der Waals surface area (Å²) in [6.45, 7) is 0. The van der Waals surface area contributed by atoms with Gasteiger partial charge in [0.05, 0.1) is 12.2 Å². The number of H-pyrrole nitrogens is 1. The SMILES string of the molecule is CN(C(=O)c1n[nH]c2c1CCC2)[C@@H]1CCCc2c1cnn2C. The van der Waals surface area contributed by atoms with E-state index in [4.69, 9.17) is 0 Å². The first-order valence-electron chi connectivity index (χ1n) is 8.01. The first kappa shape index (κ1) is 13.5. The Morgan fingerprint density at radius 1 is 1.36 bits per heavy atom. The minimum atomic E-state index is 0.0288. The van der Waals surface area contributed by atoms with Crippen molar-refractivity contribution in [1.82, 2.24) is 24.9 Å². The van der Waals surface area contributed by atoms with Gasteiger partial charge in [0.25, 0.3) is 5.91 Å². The third kappa shape index (κ3) is 1.90. The Bertz CT molecular complexity index is 729. The number of nitrogens with zero attached hydrogens (tertiary/aromatic N) is 4. The Hall–Kier alpha value is -2.11. The van der Waals surface area contributed by atoms with E-state index in [2.05, 4.69) is 15.3 Å². The minimum Gasteiger partial charge on any atom is -0.333 e. The second-order valence-corrected chi connectivity index (χ2v) is 6.38. The van der Waals surface area contributed by atoms with Gasteiger partial charge in [-0.3, -0.25) is 14.6 Å². The van der Waals surface area contributed by atoms with Crippen molar-refractivity contribution < 1.29 is 4.79 Å². The van der Waals surface area contributed by atoms with Crippen LogP contribution in [-0.2, 0) is 26.3 Å². The predicted molar refractivity (Wildman–Crippen MR) is 81.6 cm³/mol. The molecular formula is C16H21N5O. The fourth-order valence-corrected chi connectivity index (χ4v) is 3.89. The topological polar surface area (TPSA) is 66.8 Å². The van der Waals surface area contributed by atoms with Gasteiger partial charge in [0, 0.05) is 36.6 Å². The van der Waals surface area contributed by atoms with Gasteiger partial charge >= 0.3 is 0 Å². The molecule has 1 amide bonds. The van der Waals surface area contributed by atoms with Crippen molar-refractivity contribution in [3.8, 4) is 0 Å². The molecule has 2 aromatic rings. The number of nitrogens with one attached hydrogen (secondary N) is 1. The van der Waals surface area contributed by atoms with Gasteiger partial charge in [0.1, 0.15) is 0 Å². The average Bonchev–Trinajstić information content (AvgIpc) is 3.21. The molecule has 0 radical (unpaired) electrons. The van der Waals surface area contributed by atoms with E-state index in [1.54, 1.807) is 0 Å². The Morgan fingerprint density at radius 2 is 2.23 bits per heavy atom. The Morgan fingerprint density at radius 3 is 3.09 bits per heavy atom. The van der Waals surface area contributed by atoms with Gasteiger partial charge in [-0.1, -0.05) is 0 Å². The molecule has 2 aliphatic carbocycles. The predicted octanol–water partition coefficient (Wildman–Crippen LogP) is 1.78. The Balaban J connectivity index is 1.64. The van der Waals surface area contributed by atoms with E-state index in [0.29, 0.717) is 5.69 Å². The van der Waals surface area contributed by atoms with Crippen LogP contribution >= 0.6 is 0 Å². The third-order valence-electron chi connectivity index (χ3n) is 5.14. The van der Waals surface area contributed by atoms with E-state index in [1.165, 1.54) is 11.3 Å². The fourth-order valence-electron chi connectivity index (χ4n) is 3.89. The van der Waals surface area contributed by atoms with Gasteiger partial charge in [-0.25, -0.2) is 0 Å². The second-order valence-electron chi connectivity index (χ2n) is 6.38. The van der Waals surface area contributed by atoms with E-state index >= 15 is 0 Å². The number of aromatic amines is 1. The maximum Gasteiger partial charge on any atom is 0.274 e. The van der Waals surface area contributed by atoms with Crippen LogP contribution in [0.4, 0.5) is 0 Å². The Kier molecular flexibility index (Phi) is 3.06. The van der Waals surface area contributed by atoms with E-state index < -0.39 is 0 Å². The standard InChI is InChI=1S/C16H21N5O/c1-20(13-7-4-8-14-11(13)9-17-21(14)2)16(22)15-10-5-3-6-12(10)18-19-15/h9,13H,3-8H2,1-2H3,(H,18,19)/t13-/m1/s1. The normalized spacial score (nSPS) is 19.8. The molecule has 2 aliphatic rings. The molecule has 1 N–H and O–H groups in total. The van der Waals surface area contributed by atoms with E-state index in [1.807, 2.05) is 29.9 Å². The number of carbonyl (C=O) groups excluding carboxylic acids is 1. The van der Waals surface area contributed by atoms with Crippen LogP contribution in [0, 0.1) is 0 Å². The number of rotatable bonds is 2. The summed E-state index contributed by atoms with van der Waals surface area (Å²) < 4.78 is 1.94. The fraction of sp³-hybridized carbons (Fsp3) is 0.562. The third-order valence-corrected chi connectivity index (χ3v) is 5.14. The summed E-state index contributed by atoms with van der Waals surface area (Å²) in [7, 11) is 3.87. The molecule has 4 rings (SSSR count). The lowest BCUT2D eigenvalue weighted by molar-refractivity contribution is 0.0707.